The molecule has 1 fully saturated rings. The highest BCUT2D eigenvalue weighted by Gasteiger charge is 2.22. The molecule has 1 aliphatic heterocycles. The number of aryl methyl sites for hydroxylation is 1. The molecule has 2 aromatic rings. The molecule has 1 saturated heterocycles. The third-order valence-electron chi connectivity index (χ3n) is 4.77. The second-order valence-corrected chi connectivity index (χ2v) is 8.83. The minimum absolute atomic E-state index is 0.0391. The number of ether oxygens (including phenoxy) is 1. The van der Waals surface area contributed by atoms with Crippen molar-refractivity contribution in [1.82, 2.24) is 14.5 Å². The Morgan fingerprint density at radius 2 is 2.10 bits per heavy atom. The summed E-state index contributed by atoms with van der Waals surface area (Å²) >= 11 is 0. The topological polar surface area (TPSA) is 123 Å². The molecular weight excluding hydrogens is 397 g/mol. The number of rotatable bonds is 8. The fraction of sp³-hybridized carbons (Fsp3) is 0.474. The Kier molecular flexibility index (Phi) is 6.84. The number of nitrogens with two attached hydrogens (primary N) is 1. The minimum atomic E-state index is -3.43. The van der Waals surface area contributed by atoms with Crippen molar-refractivity contribution < 1.29 is 17.5 Å². The van der Waals surface area contributed by atoms with Crippen molar-refractivity contribution in [2.24, 2.45) is 0 Å². The van der Waals surface area contributed by atoms with Crippen LogP contribution in [-0.4, -0.2) is 43.2 Å². The number of nitrogens with one attached hydrogen (secondary N) is 1. The van der Waals surface area contributed by atoms with Gasteiger partial charge in [-0.1, -0.05) is 0 Å². The first-order valence-corrected chi connectivity index (χ1v) is 11.2. The summed E-state index contributed by atoms with van der Waals surface area (Å²) in [7, 11) is -3.43. The molecule has 1 unspecified atom stereocenters. The molecule has 156 valence electrons. The van der Waals surface area contributed by atoms with Crippen LogP contribution >= 0.6 is 0 Å². The molecule has 2 heterocycles. The van der Waals surface area contributed by atoms with Crippen molar-refractivity contribution in [3.05, 3.63) is 41.3 Å². The van der Waals surface area contributed by atoms with E-state index in [4.69, 9.17) is 10.5 Å². The molecule has 1 aromatic heterocycles. The van der Waals surface area contributed by atoms with Gasteiger partial charge in [0, 0.05) is 13.2 Å². The fourth-order valence-corrected chi connectivity index (χ4v) is 4.61. The Hall–Kier alpha value is -2.48. The Bertz CT molecular complexity index is 977. The average Bonchev–Trinajstić information content (AvgIpc) is 3.01. The molecule has 3 N–H and O–H groups in total. The van der Waals surface area contributed by atoms with Crippen molar-refractivity contribution in [2.75, 3.05) is 24.6 Å². The molecule has 1 aromatic carbocycles. The number of sulfonamides is 1. The van der Waals surface area contributed by atoms with Crippen LogP contribution in [-0.2, 0) is 21.2 Å². The van der Waals surface area contributed by atoms with E-state index >= 15 is 0 Å². The Balaban J connectivity index is 1.58. The summed E-state index contributed by atoms with van der Waals surface area (Å²) in [5, 5.41) is 13.8. The van der Waals surface area contributed by atoms with Crippen molar-refractivity contribution >= 4 is 15.8 Å². The van der Waals surface area contributed by atoms with Crippen LogP contribution < -0.4 is 10.5 Å². The third-order valence-corrected chi connectivity index (χ3v) is 6.22. The highest BCUT2D eigenvalue weighted by Crippen LogP contribution is 2.22. The van der Waals surface area contributed by atoms with Crippen LogP contribution in [0.4, 0.5) is 10.2 Å². The molecule has 10 heteroatoms. The molecule has 0 radical (unpaired) electrons. The summed E-state index contributed by atoms with van der Waals surface area (Å²) in [5.41, 5.74) is 7.28. The van der Waals surface area contributed by atoms with Crippen molar-refractivity contribution in [3.8, 4) is 11.8 Å². The van der Waals surface area contributed by atoms with Gasteiger partial charge in [-0.25, -0.2) is 22.2 Å². The van der Waals surface area contributed by atoms with E-state index in [0.717, 1.165) is 19.3 Å². The van der Waals surface area contributed by atoms with Crippen LogP contribution in [0.15, 0.2) is 24.3 Å². The Labute approximate surface area is 169 Å². The Morgan fingerprint density at radius 3 is 2.76 bits per heavy atom. The number of hydrogen-bond donors (Lipinski definition) is 2. The van der Waals surface area contributed by atoms with Gasteiger partial charge in [0.2, 0.25) is 10.0 Å². The summed E-state index contributed by atoms with van der Waals surface area (Å²) < 4.78 is 46.9. The number of halogens is 1. The highest BCUT2D eigenvalue weighted by atomic mass is 32.2. The number of benzene rings is 1. The van der Waals surface area contributed by atoms with Gasteiger partial charge in [-0.05, 0) is 56.4 Å². The molecule has 3 rings (SSSR count). The maximum Gasteiger partial charge on any atom is 0.214 e. The van der Waals surface area contributed by atoms with Crippen LogP contribution in [0.2, 0.25) is 0 Å². The summed E-state index contributed by atoms with van der Waals surface area (Å²) in [4.78, 5) is 0. The lowest BCUT2D eigenvalue weighted by molar-refractivity contribution is 0.0304. The minimum Gasteiger partial charge on any atom is -0.382 e. The zero-order valence-electron chi connectivity index (χ0n) is 16.0. The first-order valence-electron chi connectivity index (χ1n) is 9.52. The van der Waals surface area contributed by atoms with E-state index in [1.165, 1.54) is 28.9 Å². The second-order valence-electron chi connectivity index (χ2n) is 6.97. The molecular formula is C19H24FN5O3S. The maximum atomic E-state index is 13.1. The van der Waals surface area contributed by atoms with Crippen LogP contribution in [0.25, 0.3) is 5.69 Å². The number of nitrogens with zero attached hydrogens (tertiary/aromatic N) is 3. The number of hydrogen-bond acceptors (Lipinski definition) is 6. The van der Waals surface area contributed by atoms with Gasteiger partial charge in [0.15, 0.2) is 0 Å². The molecule has 0 spiro atoms. The molecule has 29 heavy (non-hydrogen) atoms. The van der Waals surface area contributed by atoms with Gasteiger partial charge in [-0.2, -0.15) is 10.4 Å². The van der Waals surface area contributed by atoms with Gasteiger partial charge in [0.05, 0.1) is 23.2 Å². The quantitative estimate of drug-likeness (QED) is 0.628. The van der Waals surface area contributed by atoms with Gasteiger partial charge in [0.1, 0.15) is 23.3 Å². The number of anilines is 1. The summed E-state index contributed by atoms with van der Waals surface area (Å²) in [6.45, 7) is 0.832. The molecule has 0 bridgehead atoms. The van der Waals surface area contributed by atoms with E-state index in [9.17, 15) is 18.1 Å². The van der Waals surface area contributed by atoms with E-state index in [2.05, 4.69) is 9.82 Å². The summed E-state index contributed by atoms with van der Waals surface area (Å²) in [6, 6.07) is 7.65. The second kappa shape index (κ2) is 9.35. The summed E-state index contributed by atoms with van der Waals surface area (Å²) in [6.07, 6.45) is 3.29. The van der Waals surface area contributed by atoms with Crippen LogP contribution in [0, 0.1) is 17.1 Å². The predicted molar refractivity (Wildman–Crippen MR) is 106 cm³/mol. The van der Waals surface area contributed by atoms with Crippen molar-refractivity contribution in [3.63, 3.8) is 0 Å². The monoisotopic (exact) mass is 421 g/mol. The highest BCUT2D eigenvalue weighted by molar-refractivity contribution is 7.89. The van der Waals surface area contributed by atoms with Gasteiger partial charge in [-0.15, -0.1) is 0 Å². The molecule has 8 nitrogen and oxygen atoms in total. The third kappa shape index (κ3) is 5.53. The largest absolute Gasteiger partial charge is 0.382 e. The lowest BCUT2D eigenvalue weighted by Crippen LogP contribution is -2.35. The van der Waals surface area contributed by atoms with Crippen LogP contribution in [0.1, 0.15) is 36.9 Å². The molecule has 0 amide bonds. The smallest absolute Gasteiger partial charge is 0.214 e. The SMILES string of the molecule is N#Cc1c(CCCNS(=O)(=O)CC2CCCCO2)nn(-c2ccc(F)cc2)c1N. The van der Waals surface area contributed by atoms with Gasteiger partial charge in [-0.3, -0.25) is 0 Å². The standard InChI is InChI=1S/C19H24FN5O3S/c20-14-6-8-15(9-7-14)25-19(22)17(12-21)18(24-25)5-3-10-23-29(26,27)13-16-4-1-2-11-28-16/h6-9,16,23H,1-5,10-11,13,22H2. The van der Waals surface area contributed by atoms with E-state index in [1.807, 2.05) is 6.07 Å². The first-order chi connectivity index (χ1) is 13.9. The lowest BCUT2D eigenvalue weighted by Gasteiger charge is -2.22. The van der Waals surface area contributed by atoms with E-state index in [1.54, 1.807) is 0 Å². The molecule has 1 atom stereocenters. The molecule has 0 aliphatic carbocycles. The zero-order valence-corrected chi connectivity index (χ0v) is 16.8. The van der Waals surface area contributed by atoms with Crippen molar-refractivity contribution in [2.45, 2.75) is 38.2 Å². The van der Waals surface area contributed by atoms with Gasteiger partial charge in [0.25, 0.3) is 0 Å². The Morgan fingerprint density at radius 1 is 1.34 bits per heavy atom. The molecule has 1 aliphatic rings. The van der Waals surface area contributed by atoms with Crippen LogP contribution in [0.3, 0.4) is 0 Å². The average molecular weight is 421 g/mol. The number of aromatic nitrogens is 2. The van der Waals surface area contributed by atoms with Crippen LogP contribution in [0.5, 0.6) is 0 Å². The van der Waals surface area contributed by atoms with E-state index < -0.39 is 10.0 Å². The zero-order chi connectivity index (χ0) is 20.9. The van der Waals surface area contributed by atoms with Crippen molar-refractivity contribution in [1.29, 1.82) is 5.26 Å². The predicted octanol–water partition coefficient (Wildman–Crippen LogP) is 1.89. The van der Waals surface area contributed by atoms with E-state index in [0.29, 0.717) is 30.8 Å². The van der Waals surface area contributed by atoms with Gasteiger partial charge < -0.3 is 10.5 Å². The fourth-order valence-electron chi connectivity index (χ4n) is 3.28. The number of nitrogen functional groups attached to an aromatic ring is 1. The lowest BCUT2D eigenvalue weighted by atomic mass is 10.1. The van der Waals surface area contributed by atoms with E-state index in [-0.39, 0.29) is 35.6 Å². The van der Waals surface area contributed by atoms with Gasteiger partial charge >= 0.3 is 0 Å². The number of nitriles is 1. The molecule has 0 saturated carbocycles. The maximum absolute atomic E-state index is 13.1. The summed E-state index contributed by atoms with van der Waals surface area (Å²) in [5.74, 6) is -0.252. The first kappa shape index (κ1) is 21.2. The normalized spacial score (nSPS) is 17.2.